The fourth-order valence-electron chi connectivity index (χ4n) is 15.0. The van der Waals surface area contributed by atoms with E-state index in [0.29, 0.717) is 25.1 Å². The number of carbonyl (C=O) groups excluding carboxylic acids is 4. The van der Waals surface area contributed by atoms with Crippen LogP contribution >= 0.6 is 11.8 Å². The fraction of sp³-hybridized carbons (Fsp3) is 0.236. The van der Waals surface area contributed by atoms with Crippen LogP contribution in [0.1, 0.15) is 105 Å². The van der Waals surface area contributed by atoms with Crippen LogP contribution < -0.4 is 16.0 Å². The first-order valence-corrected chi connectivity index (χ1v) is 37.9. The van der Waals surface area contributed by atoms with Gasteiger partial charge in [0.25, 0.3) is 0 Å². The number of hydrogen-bond donors (Lipinski definition) is 7. The minimum absolute atomic E-state index is 0.0144. The van der Waals surface area contributed by atoms with Crippen molar-refractivity contribution in [2.24, 2.45) is 0 Å². The number of hydrogen-bond acceptors (Lipinski definition) is 13. The summed E-state index contributed by atoms with van der Waals surface area (Å²) in [5.74, 6) is -3.73. The average molecular weight is 1500 g/mol. The van der Waals surface area contributed by atoms with Gasteiger partial charge in [0.2, 0.25) is 0 Å². The second kappa shape index (κ2) is 36.9. The van der Waals surface area contributed by atoms with Gasteiger partial charge in [-0.25, -0.2) is 38.4 Å². The summed E-state index contributed by atoms with van der Waals surface area (Å²) in [6.07, 6.45) is 2.09. The molecule has 1 aliphatic heterocycles. The van der Waals surface area contributed by atoms with E-state index < -0.39 is 72.4 Å². The van der Waals surface area contributed by atoms with Crippen molar-refractivity contribution in [1.82, 2.24) is 20.9 Å². The number of amides is 4. The molecule has 4 aliphatic carbocycles. The Labute approximate surface area is 641 Å². The normalized spacial score (nSPS) is 14.7. The molecule has 1 heterocycles. The maximum atomic E-state index is 12.5. The Bertz CT molecular complexity index is 4590. The number of benzene rings is 10. The van der Waals surface area contributed by atoms with Gasteiger partial charge in [0.15, 0.2) is 0 Å². The number of alkyl carbamates (subject to hydrolysis) is 3. The Morgan fingerprint density at radius 2 is 0.627 bits per heavy atom. The third-order valence-electron chi connectivity index (χ3n) is 20.3. The predicted octanol–water partition coefficient (Wildman–Crippen LogP) is 16.0. The highest BCUT2D eigenvalue weighted by molar-refractivity contribution is 7.98. The Hall–Kier alpha value is -12.5. The van der Waals surface area contributed by atoms with E-state index in [-0.39, 0.29) is 62.9 Å². The molecule has 4 amide bonds. The van der Waals surface area contributed by atoms with Crippen molar-refractivity contribution in [2.75, 3.05) is 45.0 Å². The van der Waals surface area contributed by atoms with Gasteiger partial charge >= 0.3 is 48.3 Å². The monoisotopic (exact) mass is 1500 g/mol. The maximum absolute atomic E-state index is 12.5. The molecule has 0 radical (unpaired) electrons. The number of thioether (sulfide) groups is 1. The van der Waals surface area contributed by atoms with Gasteiger partial charge in [-0.1, -0.05) is 255 Å². The number of aliphatic carboxylic acids is 4. The van der Waals surface area contributed by atoms with Crippen molar-refractivity contribution < 1.29 is 77.7 Å². The van der Waals surface area contributed by atoms with Crippen LogP contribution in [0, 0.1) is 0 Å². The number of carboxylic acids is 4. The summed E-state index contributed by atoms with van der Waals surface area (Å²) in [4.78, 5) is 96.4. The van der Waals surface area contributed by atoms with Crippen molar-refractivity contribution >= 4 is 60.0 Å². The van der Waals surface area contributed by atoms with E-state index in [1.54, 1.807) is 0 Å². The minimum Gasteiger partial charge on any atom is -0.480 e. The van der Waals surface area contributed by atoms with Crippen LogP contribution in [-0.2, 0) is 51.0 Å². The molecular weight excluding hydrogens is 1410 g/mol. The average Bonchev–Trinajstić information content (AvgIpc) is 1.64. The second-order valence-corrected chi connectivity index (χ2v) is 28.1. The molecule has 21 heteroatoms. The summed E-state index contributed by atoms with van der Waals surface area (Å²) in [6.45, 7) is 1.13. The van der Waals surface area contributed by atoms with Gasteiger partial charge in [-0.2, -0.15) is 11.8 Å². The predicted molar refractivity (Wildman–Crippen MR) is 419 cm³/mol. The maximum Gasteiger partial charge on any atom is 0.410 e. The molecule has 10 aromatic rings. The molecule has 0 spiro atoms. The first-order valence-electron chi connectivity index (χ1n) is 36.5. The summed E-state index contributed by atoms with van der Waals surface area (Å²) in [6, 6.07) is 79.3. The lowest BCUT2D eigenvalue weighted by Crippen LogP contribution is -2.48. The second-order valence-electron chi connectivity index (χ2n) is 27.1. The molecule has 0 saturated carbocycles. The van der Waals surface area contributed by atoms with E-state index in [4.69, 9.17) is 18.9 Å². The Morgan fingerprint density at radius 3 is 0.900 bits per heavy atom. The summed E-state index contributed by atoms with van der Waals surface area (Å²) in [7, 11) is 0. The molecule has 0 unspecified atom stereocenters. The van der Waals surface area contributed by atoms with Crippen LogP contribution in [0.15, 0.2) is 255 Å². The topological polar surface area (TPSA) is 294 Å². The molecule has 1 fully saturated rings. The third kappa shape index (κ3) is 18.5. The van der Waals surface area contributed by atoms with Crippen LogP contribution in [0.25, 0.3) is 44.5 Å². The highest BCUT2D eigenvalue weighted by atomic mass is 32.2. The molecule has 0 bridgehead atoms. The Balaban J connectivity index is 0.000000137. The molecule has 7 N–H and O–H groups in total. The van der Waals surface area contributed by atoms with Crippen LogP contribution in [-0.4, -0.2) is 143 Å². The van der Waals surface area contributed by atoms with E-state index in [2.05, 4.69) is 76.6 Å². The molecule has 0 aromatic heterocycles. The SMILES string of the molecule is CSCC[C@H](NC(=O)OCC1c2ccccc2-c2ccccc21)C(=O)O.O=C(N[C@@H](Cc1ccccc1)C(=O)O)OCC1c2ccccc2-c2ccccc21.O=C(N[C@H](Cc1ccccc1)C(=O)O)OCC1c2ccccc2-c2ccccc21.O=C(O)[C@H]1CCCCN1C(=O)OCC1c2ccccc2-c2ccccc21. The molecule has 562 valence electrons. The molecule has 110 heavy (non-hydrogen) atoms. The molecular formula is C89H84N4O16S. The van der Waals surface area contributed by atoms with Crippen molar-refractivity contribution in [2.45, 2.75) is 86.4 Å². The zero-order chi connectivity index (χ0) is 77.0. The van der Waals surface area contributed by atoms with E-state index >= 15 is 0 Å². The van der Waals surface area contributed by atoms with Crippen LogP contribution in [0.5, 0.6) is 0 Å². The number of ether oxygens (including phenoxy) is 4. The number of carbonyl (C=O) groups is 8. The lowest BCUT2D eigenvalue weighted by atomic mass is 9.98. The lowest BCUT2D eigenvalue weighted by Gasteiger charge is -2.32. The van der Waals surface area contributed by atoms with E-state index in [9.17, 15) is 58.8 Å². The van der Waals surface area contributed by atoms with Gasteiger partial charge in [0.1, 0.15) is 50.6 Å². The van der Waals surface area contributed by atoms with Crippen LogP contribution in [0.2, 0.25) is 0 Å². The first-order chi connectivity index (χ1) is 53.5. The molecule has 5 aliphatic rings. The van der Waals surface area contributed by atoms with Gasteiger partial charge in [0.05, 0.1) is 0 Å². The Kier molecular flexibility index (Phi) is 25.9. The summed E-state index contributed by atoms with van der Waals surface area (Å²) < 4.78 is 21.9. The number of carboxylic acid groups (broad SMARTS) is 4. The Morgan fingerprint density at radius 1 is 0.364 bits per heavy atom. The summed E-state index contributed by atoms with van der Waals surface area (Å²) in [5.41, 5.74) is 19.9. The molecule has 1 saturated heterocycles. The van der Waals surface area contributed by atoms with Gasteiger partial charge in [-0.3, -0.25) is 4.90 Å². The van der Waals surface area contributed by atoms with E-state index in [1.807, 2.05) is 200 Å². The minimum atomic E-state index is -1.10. The number of nitrogens with one attached hydrogen (secondary N) is 3. The highest BCUT2D eigenvalue weighted by Crippen LogP contribution is 2.48. The largest absolute Gasteiger partial charge is 0.480 e. The number of fused-ring (bicyclic) bond motifs is 12. The van der Waals surface area contributed by atoms with E-state index in [1.165, 1.54) is 27.8 Å². The zero-order valence-corrected chi connectivity index (χ0v) is 61.2. The highest BCUT2D eigenvalue weighted by Gasteiger charge is 2.37. The van der Waals surface area contributed by atoms with E-state index in [0.717, 1.165) is 102 Å². The standard InChI is InChI=1S/2C24H21NO4.C21H21NO4.C20H21NO4S/c2*26-23(27)22(14-16-8-2-1-3-9-16)25-24(28)29-15-21-19-12-6-4-10-17(19)18-11-5-7-13-20(18)21;23-20(24)19-11-5-6-12-22(19)21(25)26-13-18-16-9-3-1-7-14(16)15-8-2-4-10-17(15)18;1-26-11-10-18(19(22)23)21-20(24)25-12-17-15-8-4-2-6-13(15)14-7-3-5-9-16(14)17/h2*1-13,21-22H,14-15H2,(H,25,28)(H,26,27);1-4,7-10,18-19H,5-6,11-13H2,(H,23,24);2-9,17-18H,10-12H2,1H3,(H,21,24)(H,22,23)/t2*22-;19-;18-/m1010/s1. The summed E-state index contributed by atoms with van der Waals surface area (Å²) in [5, 5.41) is 44.9. The van der Waals surface area contributed by atoms with Crippen LogP contribution in [0.3, 0.4) is 0 Å². The molecule has 15 rings (SSSR count). The van der Waals surface area contributed by atoms with Crippen molar-refractivity contribution in [3.63, 3.8) is 0 Å². The zero-order valence-electron chi connectivity index (χ0n) is 60.4. The molecule has 10 aromatic carbocycles. The number of likely N-dealkylation sites (tertiary alicyclic amines) is 1. The van der Waals surface area contributed by atoms with Crippen LogP contribution in [0.4, 0.5) is 19.2 Å². The van der Waals surface area contributed by atoms with Crippen molar-refractivity contribution in [3.8, 4) is 44.5 Å². The van der Waals surface area contributed by atoms with Crippen molar-refractivity contribution in [1.29, 1.82) is 0 Å². The number of nitrogens with zero attached hydrogens (tertiary/aromatic N) is 1. The first kappa shape index (κ1) is 77.1. The van der Waals surface area contributed by atoms with Gasteiger partial charge < -0.3 is 55.3 Å². The smallest absolute Gasteiger partial charge is 0.410 e. The molecule has 4 atom stereocenters. The fourth-order valence-corrected chi connectivity index (χ4v) is 15.5. The number of rotatable bonds is 22. The lowest BCUT2D eigenvalue weighted by molar-refractivity contribution is -0.144. The van der Waals surface area contributed by atoms with Gasteiger partial charge in [-0.15, -0.1) is 0 Å². The molecule has 20 nitrogen and oxygen atoms in total. The quantitative estimate of drug-likeness (QED) is 0.0310. The third-order valence-corrected chi connectivity index (χ3v) is 21.0. The summed E-state index contributed by atoms with van der Waals surface area (Å²) >= 11 is 1.54. The van der Waals surface area contributed by atoms with Gasteiger partial charge in [0, 0.05) is 43.1 Å². The van der Waals surface area contributed by atoms with Gasteiger partial charge in [-0.05, 0) is 138 Å². The number of piperidine rings is 1. The van der Waals surface area contributed by atoms with Crippen molar-refractivity contribution in [3.05, 3.63) is 310 Å².